The molecule has 0 saturated carbocycles. The summed E-state index contributed by atoms with van der Waals surface area (Å²) in [5.74, 6) is -0.397. The van der Waals surface area contributed by atoms with Gasteiger partial charge in [0.2, 0.25) is 0 Å². The number of carbonyl (C=O) groups excluding carboxylic acids is 1. The molecule has 2 nitrogen and oxygen atoms in total. The van der Waals surface area contributed by atoms with E-state index in [1.54, 1.807) is 6.92 Å². The summed E-state index contributed by atoms with van der Waals surface area (Å²) in [7, 11) is 0. The summed E-state index contributed by atoms with van der Waals surface area (Å²) < 4.78 is 4.17. The van der Waals surface area contributed by atoms with Crippen molar-refractivity contribution in [2.75, 3.05) is 11.9 Å². The second kappa shape index (κ2) is 5.40. The summed E-state index contributed by atoms with van der Waals surface area (Å²) in [5.41, 5.74) is 0.348. The van der Waals surface area contributed by atoms with Gasteiger partial charge in [-0.15, -0.1) is 0 Å². The number of alkyl halides is 3. The smallest absolute Gasteiger partial charge is 0.335 e. The SMILES string of the molecule is C=C(C(=O)OCC)C(Br)(Br)CBr. The van der Waals surface area contributed by atoms with Gasteiger partial charge in [-0.3, -0.25) is 0 Å². The molecule has 0 aromatic rings. The van der Waals surface area contributed by atoms with E-state index in [0.29, 0.717) is 17.5 Å². The van der Waals surface area contributed by atoms with Crippen LogP contribution in [0.25, 0.3) is 0 Å². The van der Waals surface area contributed by atoms with Crippen molar-refractivity contribution < 1.29 is 9.53 Å². The third-order valence-electron chi connectivity index (χ3n) is 1.13. The van der Waals surface area contributed by atoms with Crippen LogP contribution < -0.4 is 0 Å². The van der Waals surface area contributed by atoms with Crippen molar-refractivity contribution >= 4 is 53.8 Å². The third kappa shape index (κ3) is 3.58. The maximum atomic E-state index is 11.1. The molecule has 0 aromatic carbocycles. The fourth-order valence-corrected chi connectivity index (χ4v) is 1.11. The van der Waals surface area contributed by atoms with Gasteiger partial charge in [0.15, 0.2) is 0 Å². The van der Waals surface area contributed by atoms with Crippen LogP contribution in [0.2, 0.25) is 0 Å². The summed E-state index contributed by atoms with van der Waals surface area (Å²) in [5, 5.41) is 0.539. The van der Waals surface area contributed by atoms with Gasteiger partial charge in [-0.2, -0.15) is 0 Å². The third-order valence-corrected chi connectivity index (χ3v) is 5.00. The minimum absolute atomic E-state index is 0.348. The monoisotopic (exact) mass is 362 g/mol. The van der Waals surface area contributed by atoms with Crippen molar-refractivity contribution in [3.8, 4) is 0 Å². The largest absolute Gasteiger partial charge is 0.463 e. The molecule has 0 saturated heterocycles. The Balaban J connectivity index is 4.29. The molecule has 0 spiro atoms. The summed E-state index contributed by atoms with van der Waals surface area (Å²) in [4.78, 5) is 11.1. The number of esters is 1. The molecule has 0 aliphatic rings. The summed E-state index contributed by atoms with van der Waals surface area (Å²) >= 11 is 9.80. The first-order chi connectivity index (χ1) is 5.45. The van der Waals surface area contributed by atoms with Gasteiger partial charge in [0.05, 0.1) is 12.2 Å². The molecule has 0 aliphatic carbocycles. The van der Waals surface area contributed by atoms with E-state index in [4.69, 9.17) is 4.74 Å². The van der Waals surface area contributed by atoms with Crippen LogP contribution in [0.3, 0.4) is 0 Å². The van der Waals surface area contributed by atoms with E-state index in [2.05, 4.69) is 54.4 Å². The zero-order chi connectivity index (χ0) is 9.78. The van der Waals surface area contributed by atoms with E-state index < -0.39 is 9.20 Å². The summed E-state index contributed by atoms with van der Waals surface area (Å²) in [6, 6.07) is 0. The molecule has 0 aliphatic heterocycles. The Bertz CT molecular complexity index is 189. The van der Waals surface area contributed by atoms with Crippen molar-refractivity contribution in [1.82, 2.24) is 0 Å². The first-order valence-corrected chi connectivity index (χ1v) is 5.96. The Hall–Kier alpha value is 0.650. The van der Waals surface area contributed by atoms with Gasteiger partial charge in [-0.25, -0.2) is 4.79 Å². The lowest BCUT2D eigenvalue weighted by molar-refractivity contribution is -0.138. The molecule has 0 rings (SSSR count). The zero-order valence-electron chi connectivity index (χ0n) is 6.57. The summed E-state index contributed by atoms with van der Waals surface area (Å²) in [6.45, 7) is 5.73. The Morgan fingerprint density at radius 3 is 2.42 bits per heavy atom. The minimum atomic E-state index is -0.605. The number of hydrogen-bond acceptors (Lipinski definition) is 2. The number of hydrogen-bond donors (Lipinski definition) is 0. The van der Waals surface area contributed by atoms with Crippen molar-refractivity contribution in [2.45, 2.75) is 10.2 Å². The Kier molecular flexibility index (Phi) is 5.69. The molecule has 0 fully saturated rings. The molecule has 0 heterocycles. The van der Waals surface area contributed by atoms with Crippen LogP contribution in [-0.2, 0) is 9.53 Å². The lowest BCUT2D eigenvalue weighted by Crippen LogP contribution is -2.24. The van der Waals surface area contributed by atoms with Crippen molar-refractivity contribution in [1.29, 1.82) is 0 Å². The molecule has 0 radical (unpaired) electrons. The average molecular weight is 365 g/mol. The van der Waals surface area contributed by atoms with Crippen LogP contribution >= 0.6 is 47.8 Å². The van der Waals surface area contributed by atoms with E-state index in [9.17, 15) is 4.79 Å². The number of carbonyl (C=O) groups is 1. The highest BCUT2D eigenvalue weighted by molar-refractivity contribution is 9.26. The molecular formula is C7H9Br3O2. The topological polar surface area (TPSA) is 26.3 Å². The number of rotatable bonds is 4. The number of ether oxygens (including phenoxy) is 1. The minimum Gasteiger partial charge on any atom is -0.463 e. The fraction of sp³-hybridized carbons (Fsp3) is 0.571. The summed E-state index contributed by atoms with van der Waals surface area (Å²) in [6.07, 6.45) is 0. The van der Waals surface area contributed by atoms with Gasteiger partial charge in [-0.1, -0.05) is 54.4 Å². The molecule has 0 atom stereocenters. The first-order valence-electron chi connectivity index (χ1n) is 3.26. The van der Waals surface area contributed by atoms with E-state index in [1.807, 2.05) is 0 Å². The van der Waals surface area contributed by atoms with E-state index in [-0.39, 0.29) is 0 Å². The van der Waals surface area contributed by atoms with Crippen molar-refractivity contribution in [3.05, 3.63) is 12.2 Å². The van der Waals surface area contributed by atoms with Gasteiger partial charge >= 0.3 is 5.97 Å². The maximum Gasteiger partial charge on any atom is 0.335 e. The Morgan fingerprint density at radius 2 is 2.08 bits per heavy atom. The van der Waals surface area contributed by atoms with Crippen LogP contribution in [0.15, 0.2) is 12.2 Å². The predicted molar refractivity (Wildman–Crippen MR) is 60.2 cm³/mol. The van der Waals surface area contributed by atoms with Gasteiger partial charge in [-0.05, 0) is 6.92 Å². The van der Waals surface area contributed by atoms with E-state index >= 15 is 0 Å². The zero-order valence-corrected chi connectivity index (χ0v) is 11.3. The molecule has 70 valence electrons. The molecule has 5 heteroatoms. The van der Waals surface area contributed by atoms with Gasteiger partial charge < -0.3 is 4.74 Å². The Labute approximate surface area is 97.1 Å². The molecule has 0 aromatic heterocycles. The predicted octanol–water partition coefficient (Wildman–Crippen LogP) is 2.99. The highest BCUT2D eigenvalue weighted by atomic mass is 79.9. The average Bonchev–Trinajstić information content (AvgIpc) is 2.03. The second-order valence-electron chi connectivity index (χ2n) is 2.04. The molecule has 0 unspecified atom stereocenters. The molecule has 12 heavy (non-hydrogen) atoms. The van der Waals surface area contributed by atoms with Crippen LogP contribution in [0.1, 0.15) is 6.92 Å². The fourth-order valence-electron chi connectivity index (χ4n) is 0.448. The molecule has 0 bridgehead atoms. The van der Waals surface area contributed by atoms with Gasteiger partial charge in [0.25, 0.3) is 0 Å². The lowest BCUT2D eigenvalue weighted by Gasteiger charge is -2.18. The van der Waals surface area contributed by atoms with Crippen molar-refractivity contribution in [3.63, 3.8) is 0 Å². The lowest BCUT2D eigenvalue weighted by atomic mass is 10.2. The molecule has 0 N–H and O–H groups in total. The Morgan fingerprint density at radius 1 is 1.58 bits per heavy atom. The molecular weight excluding hydrogens is 356 g/mol. The van der Waals surface area contributed by atoms with Gasteiger partial charge in [0.1, 0.15) is 3.23 Å². The van der Waals surface area contributed by atoms with E-state index in [0.717, 1.165) is 0 Å². The normalized spacial score (nSPS) is 11.0. The quantitative estimate of drug-likeness (QED) is 0.435. The molecule has 0 amide bonds. The first kappa shape index (κ1) is 12.7. The second-order valence-corrected chi connectivity index (χ2v) is 6.37. The van der Waals surface area contributed by atoms with Crippen LogP contribution in [0, 0.1) is 0 Å². The standard InChI is InChI=1S/C7H9Br3O2/c1-3-12-6(11)5(2)7(9,10)4-8/h2-4H2,1H3. The van der Waals surface area contributed by atoms with Crippen LogP contribution in [-0.4, -0.2) is 21.1 Å². The maximum absolute atomic E-state index is 11.1. The van der Waals surface area contributed by atoms with Crippen molar-refractivity contribution in [2.24, 2.45) is 0 Å². The van der Waals surface area contributed by atoms with Crippen LogP contribution in [0.5, 0.6) is 0 Å². The van der Waals surface area contributed by atoms with Crippen LogP contribution in [0.4, 0.5) is 0 Å². The van der Waals surface area contributed by atoms with E-state index in [1.165, 1.54) is 0 Å². The van der Waals surface area contributed by atoms with Gasteiger partial charge in [0, 0.05) is 5.33 Å². The highest BCUT2D eigenvalue weighted by Gasteiger charge is 2.30. The highest BCUT2D eigenvalue weighted by Crippen LogP contribution is 2.35. The number of halogens is 3.